The molecule has 6 heteroatoms. The summed E-state index contributed by atoms with van der Waals surface area (Å²) in [5.41, 5.74) is 5.61. The average Bonchev–Trinajstić information content (AvgIpc) is 2.35. The second-order valence-electron chi connectivity index (χ2n) is 3.55. The third-order valence-corrected chi connectivity index (χ3v) is 2.70. The van der Waals surface area contributed by atoms with Crippen molar-refractivity contribution in [3.05, 3.63) is 52.4 Å². The quantitative estimate of drug-likeness (QED) is 0.838. The number of carbonyl (C=O) groups excluding carboxylic acids is 1. The van der Waals surface area contributed by atoms with E-state index >= 15 is 0 Å². The summed E-state index contributed by atoms with van der Waals surface area (Å²) in [4.78, 5) is 15.8. The molecule has 0 aliphatic heterocycles. The number of aromatic nitrogens is 1. The van der Waals surface area contributed by atoms with Crippen LogP contribution >= 0.6 is 15.9 Å². The van der Waals surface area contributed by atoms with Crippen LogP contribution in [-0.4, -0.2) is 10.9 Å². The van der Waals surface area contributed by atoms with E-state index < -0.39 is 11.7 Å². The molecule has 2 aromatic rings. The van der Waals surface area contributed by atoms with Crippen molar-refractivity contribution in [1.82, 2.24) is 4.98 Å². The van der Waals surface area contributed by atoms with Crippen LogP contribution in [0.4, 0.5) is 15.9 Å². The molecular formula is C12H9BrFN3O. The van der Waals surface area contributed by atoms with Crippen molar-refractivity contribution in [3.63, 3.8) is 0 Å². The summed E-state index contributed by atoms with van der Waals surface area (Å²) in [5, 5.41) is 2.58. The van der Waals surface area contributed by atoms with E-state index in [1.54, 1.807) is 18.3 Å². The molecule has 1 aromatic heterocycles. The molecule has 4 nitrogen and oxygen atoms in total. The Morgan fingerprint density at radius 2 is 2.11 bits per heavy atom. The lowest BCUT2D eigenvalue weighted by Crippen LogP contribution is -2.13. The number of nitrogens with zero attached hydrogens (tertiary/aromatic N) is 1. The molecule has 0 fully saturated rings. The number of nitrogen functional groups attached to an aromatic ring is 1. The second-order valence-corrected chi connectivity index (χ2v) is 4.47. The molecule has 0 saturated carbocycles. The first-order valence-electron chi connectivity index (χ1n) is 5.04. The fraction of sp³-hybridized carbons (Fsp3) is 0. The largest absolute Gasteiger partial charge is 0.396 e. The third kappa shape index (κ3) is 2.84. The Morgan fingerprint density at radius 3 is 2.72 bits per heavy atom. The smallest absolute Gasteiger partial charge is 0.256 e. The SMILES string of the molecule is Nc1cc(C(=O)Nc2ccc(Br)cn2)ccc1F. The average molecular weight is 310 g/mol. The van der Waals surface area contributed by atoms with Crippen LogP contribution in [0.2, 0.25) is 0 Å². The molecule has 0 aliphatic rings. The zero-order valence-corrected chi connectivity index (χ0v) is 10.7. The highest BCUT2D eigenvalue weighted by molar-refractivity contribution is 9.10. The van der Waals surface area contributed by atoms with Crippen molar-refractivity contribution in [2.24, 2.45) is 0 Å². The van der Waals surface area contributed by atoms with Crippen LogP contribution in [0.3, 0.4) is 0 Å². The van der Waals surface area contributed by atoms with Gasteiger partial charge in [0.05, 0.1) is 5.69 Å². The molecular weight excluding hydrogens is 301 g/mol. The maximum Gasteiger partial charge on any atom is 0.256 e. The number of nitrogens with two attached hydrogens (primary N) is 1. The lowest BCUT2D eigenvalue weighted by molar-refractivity contribution is 0.102. The standard InChI is InChI=1S/C12H9BrFN3O/c13-8-2-4-11(16-6-8)17-12(18)7-1-3-9(14)10(15)5-7/h1-6H,15H2,(H,16,17,18). The van der Waals surface area contributed by atoms with E-state index in [1.807, 2.05) is 0 Å². The van der Waals surface area contributed by atoms with Gasteiger partial charge in [-0.2, -0.15) is 0 Å². The highest BCUT2D eigenvalue weighted by Crippen LogP contribution is 2.15. The second kappa shape index (κ2) is 5.14. The van der Waals surface area contributed by atoms with Crippen LogP contribution in [0.25, 0.3) is 0 Å². The summed E-state index contributed by atoms with van der Waals surface area (Å²) < 4.78 is 13.8. The Bertz CT molecular complexity index is 586. The predicted molar refractivity (Wildman–Crippen MR) is 70.7 cm³/mol. The van der Waals surface area contributed by atoms with E-state index in [2.05, 4.69) is 26.2 Å². The minimum Gasteiger partial charge on any atom is -0.396 e. The number of hydrogen-bond donors (Lipinski definition) is 2. The number of nitrogens with one attached hydrogen (secondary N) is 1. The summed E-state index contributed by atoms with van der Waals surface area (Å²) >= 11 is 3.24. The number of rotatable bonds is 2. The van der Waals surface area contributed by atoms with Crippen molar-refractivity contribution in [3.8, 4) is 0 Å². The van der Waals surface area contributed by atoms with Gasteiger partial charge in [0.2, 0.25) is 0 Å². The minimum absolute atomic E-state index is 0.0635. The first kappa shape index (κ1) is 12.5. The van der Waals surface area contributed by atoms with Gasteiger partial charge in [0.1, 0.15) is 11.6 Å². The molecule has 0 radical (unpaired) electrons. The van der Waals surface area contributed by atoms with Crippen molar-refractivity contribution in [1.29, 1.82) is 0 Å². The van der Waals surface area contributed by atoms with Crippen molar-refractivity contribution < 1.29 is 9.18 Å². The van der Waals surface area contributed by atoms with E-state index in [0.717, 1.165) is 10.5 Å². The number of hydrogen-bond acceptors (Lipinski definition) is 3. The molecule has 18 heavy (non-hydrogen) atoms. The van der Waals surface area contributed by atoms with Crippen LogP contribution in [0.5, 0.6) is 0 Å². The summed E-state index contributed by atoms with van der Waals surface area (Å²) in [5.74, 6) is -0.532. The monoisotopic (exact) mass is 309 g/mol. The van der Waals surface area contributed by atoms with E-state index in [-0.39, 0.29) is 11.3 Å². The van der Waals surface area contributed by atoms with Gasteiger partial charge >= 0.3 is 0 Å². The molecule has 0 spiro atoms. The summed E-state index contributed by atoms with van der Waals surface area (Å²) in [6.45, 7) is 0. The third-order valence-electron chi connectivity index (χ3n) is 2.23. The molecule has 0 atom stereocenters. The summed E-state index contributed by atoms with van der Waals surface area (Å²) in [6.07, 6.45) is 1.56. The highest BCUT2D eigenvalue weighted by Gasteiger charge is 2.08. The van der Waals surface area contributed by atoms with Crippen LogP contribution in [0.15, 0.2) is 41.0 Å². The predicted octanol–water partition coefficient (Wildman–Crippen LogP) is 2.82. The lowest BCUT2D eigenvalue weighted by Gasteiger charge is -2.05. The Morgan fingerprint density at radius 1 is 1.33 bits per heavy atom. The summed E-state index contributed by atoms with van der Waals surface area (Å²) in [6, 6.07) is 7.19. The molecule has 0 bridgehead atoms. The zero-order valence-electron chi connectivity index (χ0n) is 9.15. The Kier molecular flexibility index (Phi) is 3.57. The van der Waals surface area contributed by atoms with Crippen LogP contribution in [0, 0.1) is 5.82 Å². The number of pyridine rings is 1. The van der Waals surface area contributed by atoms with Crippen molar-refractivity contribution in [2.75, 3.05) is 11.1 Å². The van der Waals surface area contributed by atoms with Gasteiger partial charge in [0, 0.05) is 16.2 Å². The molecule has 3 N–H and O–H groups in total. The van der Waals surface area contributed by atoms with Gasteiger partial charge in [-0.1, -0.05) is 0 Å². The maximum atomic E-state index is 13.0. The molecule has 1 heterocycles. The number of anilines is 2. The summed E-state index contributed by atoms with van der Waals surface area (Å²) in [7, 11) is 0. The van der Waals surface area contributed by atoms with Crippen LogP contribution in [-0.2, 0) is 0 Å². The Hall–Kier alpha value is -1.95. The Balaban J connectivity index is 2.16. The van der Waals surface area contributed by atoms with Crippen LogP contribution in [0.1, 0.15) is 10.4 Å². The molecule has 0 unspecified atom stereocenters. The topological polar surface area (TPSA) is 68.0 Å². The van der Waals surface area contributed by atoms with E-state index in [9.17, 15) is 9.18 Å². The van der Waals surface area contributed by atoms with Crippen molar-refractivity contribution in [2.45, 2.75) is 0 Å². The number of amides is 1. The number of halogens is 2. The molecule has 1 aromatic carbocycles. The molecule has 0 aliphatic carbocycles. The highest BCUT2D eigenvalue weighted by atomic mass is 79.9. The van der Waals surface area contributed by atoms with Gasteiger partial charge in [-0.3, -0.25) is 4.79 Å². The van der Waals surface area contributed by atoms with Gasteiger partial charge in [0.15, 0.2) is 0 Å². The molecule has 1 amide bonds. The molecule has 0 saturated heterocycles. The first-order chi connectivity index (χ1) is 8.56. The lowest BCUT2D eigenvalue weighted by atomic mass is 10.2. The normalized spacial score (nSPS) is 10.1. The minimum atomic E-state index is -0.548. The number of carbonyl (C=O) groups is 1. The van der Waals surface area contributed by atoms with E-state index in [1.165, 1.54) is 12.1 Å². The van der Waals surface area contributed by atoms with E-state index in [0.29, 0.717) is 5.82 Å². The zero-order chi connectivity index (χ0) is 13.1. The molecule has 2 rings (SSSR count). The van der Waals surface area contributed by atoms with Gasteiger partial charge < -0.3 is 11.1 Å². The maximum absolute atomic E-state index is 13.0. The van der Waals surface area contributed by atoms with Gasteiger partial charge in [-0.25, -0.2) is 9.37 Å². The van der Waals surface area contributed by atoms with Crippen LogP contribution < -0.4 is 11.1 Å². The van der Waals surface area contributed by atoms with Crippen molar-refractivity contribution >= 4 is 33.3 Å². The fourth-order valence-electron chi connectivity index (χ4n) is 1.32. The van der Waals surface area contributed by atoms with Gasteiger partial charge in [-0.15, -0.1) is 0 Å². The van der Waals surface area contributed by atoms with Gasteiger partial charge in [-0.05, 0) is 46.3 Å². The first-order valence-corrected chi connectivity index (χ1v) is 5.83. The molecule has 92 valence electrons. The Labute approximate surface area is 111 Å². The fourth-order valence-corrected chi connectivity index (χ4v) is 1.56. The number of benzene rings is 1. The van der Waals surface area contributed by atoms with E-state index in [4.69, 9.17) is 5.73 Å². The van der Waals surface area contributed by atoms with Gasteiger partial charge in [0.25, 0.3) is 5.91 Å².